The summed E-state index contributed by atoms with van der Waals surface area (Å²) in [6, 6.07) is 14.4. The molecular weight excluding hydrogens is 464 g/mol. The van der Waals surface area contributed by atoms with Gasteiger partial charge in [0.25, 0.3) is 5.91 Å². The number of hydrogen-bond acceptors (Lipinski definition) is 5. The van der Waals surface area contributed by atoms with E-state index in [1.165, 1.54) is 11.6 Å². The lowest BCUT2D eigenvalue weighted by atomic mass is 9.88. The molecule has 1 heterocycles. The SMILES string of the molecule is O=C(COC(=O)/C=C/c1ccc(S(=O)(=O)N2CCCCCC2)cc1)N[C@H]1CCCc2ccccc21. The van der Waals surface area contributed by atoms with Crippen LogP contribution in [0.2, 0.25) is 0 Å². The molecule has 4 rings (SSSR count). The highest BCUT2D eigenvalue weighted by atomic mass is 32.2. The van der Waals surface area contributed by atoms with Gasteiger partial charge in [-0.2, -0.15) is 4.31 Å². The van der Waals surface area contributed by atoms with Crippen molar-refractivity contribution in [2.45, 2.75) is 55.9 Å². The molecule has 8 heteroatoms. The number of nitrogens with one attached hydrogen (secondary N) is 1. The Morgan fingerprint density at radius 2 is 1.69 bits per heavy atom. The average Bonchev–Trinajstić information content (AvgIpc) is 3.17. The summed E-state index contributed by atoms with van der Waals surface area (Å²) in [7, 11) is -3.51. The fourth-order valence-electron chi connectivity index (χ4n) is 4.67. The summed E-state index contributed by atoms with van der Waals surface area (Å²) in [6.45, 7) is 0.752. The van der Waals surface area contributed by atoms with Crippen molar-refractivity contribution in [2.24, 2.45) is 0 Å². The van der Waals surface area contributed by atoms with E-state index in [9.17, 15) is 18.0 Å². The molecule has 1 aliphatic carbocycles. The van der Waals surface area contributed by atoms with Gasteiger partial charge in [0.2, 0.25) is 10.0 Å². The number of nitrogens with zero attached hydrogens (tertiary/aromatic N) is 1. The number of sulfonamides is 1. The van der Waals surface area contributed by atoms with Crippen molar-refractivity contribution in [3.63, 3.8) is 0 Å². The molecule has 7 nitrogen and oxygen atoms in total. The Labute approximate surface area is 207 Å². The van der Waals surface area contributed by atoms with Gasteiger partial charge in [0.05, 0.1) is 10.9 Å². The lowest BCUT2D eigenvalue weighted by Crippen LogP contribution is -2.34. The van der Waals surface area contributed by atoms with Crippen LogP contribution < -0.4 is 5.32 Å². The third-order valence-electron chi connectivity index (χ3n) is 6.54. The monoisotopic (exact) mass is 496 g/mol. The zero-order valence-electron chi connectivity index (χ0n) is 19.8. The Morgan fingerprint density at radius 3 is 2.43 bits per heavy atom. The van der Waals surface area contributed by atoms with Crippen LogP contribution in [0.3, 0.4) is 0 Å². The highest BCUT2D eigenvalue weighted by molar-refractivity contribution is 7.89. The van der Waals surface area contributed by atoms with E-state index < -0.39 is 16.0 Å². The van der Waals surface area contributed by atoms with Crippen LogP contribution in [0.4, 0.5) is 0 Å². The van der Waals surface area contributed by atoms with Crippen LogP contribution in [-0.4, -0.2) is 44.3 Å². The Hall–Kier alpha value is -2.97. The van der Waals surface area contributed by atoms with Gasteiger partial charge in [-0.3, -0.25) is 4.79 Å². The van der Waals surface area contributed by atoms with Crippen molar-refractivity contribution in [1.29, 1.82) is 0 Å². The molecule has 1 N–H and O–H groups in total. The first-order valence-corrected chi connectivity index (χ1v) is 13.7. The largest absolute Gasteiger partial charge is 0.452 e. The van der Waals surface area contributed by atoms with Crippen LogP contribution in [0.5, 0.6) is 0 Å². The predicted octanol–water partition coefficient (Wildman–Crippen LogP) is 4.00. The maximum atomic E-state index is 12.9. The molecule has 0 bridgehead atoms. The van der Waals surface area contributed by atoms with Gasteiger partial charge in [0.15, 0.2) is 6.61 Å². The summed E-state index contributed by atoms with van der Waals surface area (Å²) in [6.07, 6.45) is 9.53. The lowest BCUT2D eigenvalue weighted by Gasteiger charge is -2.26. The molecular formula is C27H32N2O5S. The molecule has 1 atom stereocenters. The van der Waals surface area contributed by atoms with Crippen molar-refractivity contribution in [1.82, 2.24) is 9.62 Å². The maximum absolute atomic E-state index is 12.9. The molecule has 1 fully saturated rings. The first-order chi connectivity index (χ1) is 16.9. The molecule has 186 valence electrons. The number of ether oxygens (including phenoxy) is 1. The standard InChI is InChI=1S/C27H32N2O5S/c30-26(28-25-11-7-9-22-8-3-4-10-24(22)25)20-34-27(31)17-14-21-12-15-23(16-13-21)35(32,33)29-18-5-1-2-6-19-29/h3-4,8,10,12-17,25H,1-2,5-7,9,11,18-20H2,(H,28,30)/b17-14+/t25-/m0/s1. The first-order valence-electron chi connectivity index (χ1n) is 12.3. The summed E-state index contributed by atoms with van der Waals surface area (Å²) in [4.78, 5) is 24.6. The van der Waals surface area contributed by atoms with Crippen LogP contribution in [0, 0.1) is 0 Å². The fourth-order valence-corrected chi connectivity index (χ4v) is 6.19. The average molecular weight is 497 g/mol. The van der Waals surface area contributed by atoms with Crippen LogP contribution in [0.25, 0.3) is 6.08 Å². The van der Waals surface area contributed by atoms with E-state index in [1.54, 1.807) is 34.6 Å². The van der Waals surface area contributed by atoms with Crippen LogP contribution in [0.1, 0.15) is 61.3 Å². The fraction of sp³-hybridized carbons (Fsp3) is 0.407. The quantitative estimate of drug-likeness (QED) is 0.462. The van der Waals surface area contributed by atoms with Crippen molar-refractivity contribution in [2.75, 3.05) is 19.7 Å². The number of amides is 1. The summed E-state index contributed by atoms with van der Waals surface area (Å²) in [5, 5.41) is 2.95. The minimum Gasteiger partial charge on any atom is -0.452 e. The third-order valence-corrected chi connectivity index (χ3v) is 8.46. The maximum Gasteiger partial charge on any atom is 0.331 e. The third kappa shape index (κ3) is 6.58. The minimum absolute atomic E-state index is 0.0641. The second-order valence-electron chi connectivity index (χ2n) is 9.04. The lowest BCUT2D eigenvalue weighted by molar-refractivity contribution is -0.144. The van der Waals surface area contributed by atoms with Crippen LogP contribution >= 0.6 is 0 Å². The van der Waals surface area contributed by atoms with E-state index >= 15 is 0 Å². The second-order valence-corrected chi connectivity index (χ2v) is 11.0. The van der Waals surface area contributed by atoms with E-state index in [0.29, 0.717) is 18.7 Å². The highest BCUT2D eigenvalue weighted by Crippen LogP contribution is 2.29. The molecule has 1 amide bonds. The van der Waals surface area contributed by atoms with Crippen molar-refractivity contribution in [3.05, 3.63) is 71.3 Å². The topological polar surface area (TPSA) is 92.8 Å². The Kier molecular flexibility index (Phi) is 8.36. The number of rotatable bonds is 7. The number of carbonyl (C=O) groups excluding carboxylic acids is 2. The summed E-state index contributed by atoms with van der Waals surface area (Å²) >= 11 is 0. The molecule has 0 unspecified atom stereocenters. The van der Waals surface area contributed by atoms with E-state index in [1.807, 2.05) is 18.2 Å². The zero-order chi connectivity index (χ0) is 24.7. The Balaban J connectivity index is 1.27. The van der Waals surface area contributed by atoms with Crippen molar-refractivity contribution >= 4 is 28.0 Å². The molecule has 2 aromatic rings. The summed E-state index contributed by atoms with van der Waals surface area (Å²) in [5.74, 6) is -0.970. The molecule has 0 radical (unpaired) electrons. The Morgan fingerprint density at radius 1 is 0.971 bits per heavy atom. The highest BCUT2D eigenvalue weighted by Gasteiger charge is 2.25. The first kappa shape index (κ1) is 25.1. The molecule has 2 aliphatic rings. The molecule has 0 spiro atoms. The van der Waals surface area contributed by atoms with E-state index in [0.717, 1.165) is 50.5 Å². The van der Waals surface area contributed by atoms with Crippen molar-refractivity contribution < 1.29 is 22.7 Å². The van der Waals surface area contributed by atoms with Crippen molar-refractivity contribution in [3.8, 4) is 0 Å². The van der Waals surface area contributed by atoms with E-state index in [4.69, 9.17) is 4.74 Å². The molecule has 0 saturated carbocycles. The van der Waals surface area contributed by atoms with Crippen LogP contribution in [-0.2, 0) is 30.8 Å². The minimum atomic E-state index is -3.51. The molecule has 2 aromatic carbocycles. The van der Waals surface area contributed by atoms with E-state index in [-0.39, 0.29) is 23.5 Å². The molecule has 1 saturated heterocycles. The summed E-state index contributed by atoms with van der Waals surface area (Å²) < 4.78 is 32.4. The van der Waals surface area contributed by atoms with Gasteiger partial charge >= 0.3 is 5.97 Å². The van der Waals surface area contributed by atoms with Gasteiger partial charge in [-0.1, -0.05) is 49.2 Å². The van der Waals surface area contributed by atoms with Gasteiger partial charge in [-0.05, 0) is 67.0 Å². The van der Waals surface area contributed by atoms with Gasteiger partial charge in [0.1, 0.15) is 0 Å². The van der Waals surface area contributed by atoms with Gasteiger partial charge in [-0.25, -0.2) is 13.2 Å². The van der Waals surface area contributed by atoms with Gasteiger partial charge < -0.3 is 10.1 Å². The van der Waals surface area contributed by atoms with E-state index in [2.05, 4.69) is 11.4 Å². The Bertz CT molecular complexity index is 1170. The number of carbonyl (C=O) groups is 2. The predicted molar refractivity (Wildman–Crippen MR) is 134 cm³/mol. The normalized spacial score (nSPS) is 19.0. The number of aryl methyl sites for hydroxylation is 1. The van der Waals surface area contributed by atoms with Gasteiger partial charge in [0, 0.05) is 19.2 Å². The summed E-state index contributed by atoms with van der Waals surface area (Å²) in [5.41, 5.74) is 3.04. The number of esters is 1. The zero-order valence-corrected chi connectivity index (χ0v) is 20.6. The second kappa shape index (κ2) is 11.6. The van der Waals surface area contributed by atoms with Crippen LogP contribution in [0.15, 0.2) is 59.5 Å². The molecule has 35 heavy (non-hydrogen) atoms. The molecule has 1 aliphatic heterocycles. The number of benzene rings is 2. The number of hydrogen-bond donors (Lipinski definition) is 1. The smallest absolute Gasteiger partial charge is 0.331 e. The molecule has 0 aromatic heterocycles. The van der Waals surface area contributed by atoms with Gasteiger partial charge in [-0.15, -0.1) is 0 Å². The number of fused-ring (bicyclic) bond motifs is 1.